The van der Waals surface area contributed by atoms with Crippen LogP contribution in [0.2, 0.25) is 0 Å². The van der Waals surface area contributed by atoms with Crippen molar-refractivity contribution in [2.75, 3.05) is 21.2 Å². The lowest BCUT2D eigenvalue weighted by molar-refractivity contribution is -0.0613. The highest BCUT2D eigenvalue weighted by molar-refractivity contribution is 5.25. The SMILES string of the molecule is CO[C@H]1CC[C@@]2(C)C(=CC[C@H]3C4CC[C@H]([C@H](C)N(C)C)[C@@]4(C)CC[C@@H]32)C1. The Morgan fingerprint density at radius 2 is 1.85 bits per heavy atom. The highest BCUT2D eigenvalue weighted by Crippen LogP contribution is 2.66. The van der Waals surface area contributed by atoms with Crippen molar-refractivity contribution in [1.29, 1.82) is 0 Å². The van der Waals surface area contributed by atoms with Crippen LogP contribution in [-0.2, 0) is 4.74 Å². The minimum atomic E-state index is 0.463. The van der Waals surface area contributed by atoms with Gasteiger partial charge in [0.2, 0.25) is 0 Å². The Bertz CT molecular complexity index is 569. The van der Waals surface area contributed by atoms with Crippen LogP contribution in [0, 0.1) is 34.5 Å². The van der Waals surface area contributed by atoms with Crippen LogP contribution in [0.15, 0.2) is 11.6 Å². The molecule has 2 heteroatoms. The van der Waals surface area contributed by atoms with E-state index in [-0.39, 0.29) is 0 Å². The summed E-state index contributed by atoms with van der Waals surface area (Å²) in [6.45, 7) is 7.74. The number of hydrogen-bond acceptors (Lipinski definition) is 2. The largest absolute Gasteiger partial charge is 0.381 e. The Labute approximate surface area is 161 Å². The third-order valence-electron chi connectivity index (χ3n) is 9.86. The van der Waals surface area contributed by atoms with Crippen LogP contribution in [0.1, 0.15) is 72.1 Å². The van der Waals surface area contributed by atoms with Gasteiger partial charge in [0.15, 0.2) is 0 Å². The molecule has 0 bridgehead atoms. The first-order chi connectivity index (χ1) is 12.3. The minimum absolute atomic E-state index is 0.463. The maximum Gasteiger partial charge on any atom is 0.0608 e. The van der Waals surface area contributed by atoms with Crippen molar-refractivity contribution in [2.24, 2.45) is 34.5 Å². The van der Waals surface area contributed by atoms with E-state index in [0.29, 0.717) is 23.0 Å². The lowest BCUT2D eigenvalue weighted by Crippen LogP contribution is -2.52. The fourth-order valence-electron chi connectivity index (χ4n) is 8.02. The summed E-state index contributed by atoms with van der Waals surface area (Å²) in [6.07, 6.45) is 14.1. The molecular formula is C24H41NO. The molecule has 1 unspecified atom stereocenters. The maximum atomic E-state index is 5.72. The number of ether oxygens (including phenoxy) is 1. The lowest BCUT2D eigenvalue weighted by atomic mass is 9.47. The molecule has 0 saturated heterocycles. The number of nitrogens with zero attached hydrogens (tertiary/aromatic N) is 1. The van der Waals surface area contributed by atoms with Gasteiger partial charge in [-0.1, -0.05) is 25.5 Å². The van der Waals surface area contributed by atoms with Crippen LogP contribution in [0.3, 0.4) is 0 Å². The van der Waals surface area contributed by atoms with Gasteiger partial charge in [-0.2, -0.15) is 0 Å². The Balaban J connectivity index is 1.60. The van der Waals surface area contributed by atoms with Gasteiger partial charge >= 0.3 is 0 Å². The van der Waals surface area contributed by atoms with E-state index in [9.17, 15) is 0 Å². The van der Waals surface area contributed by atoms with Gasteiger partial charge in [0.25, 0.3) is 0 Å². The Hall–Kier alpha value is -0.340. The highest BCUT2D eigenvalue weighted by atomic mass is 16.5. The second kappa shape index (κ2) is 6.62. The molecule has 8 atom stereocenters. The van der Waals surface area contributed by atoms with Gasteiger partial charge in [0.05, 0.1) is 6.10 Å². The quantitative estimate of drug-likeness (QED) is 0.614. The van der Waals surface area contributed by atoms with E-state index in [2.05, 4.69) is 45.8 Å². The smallest absolute Gasteiger partial charge is 0.0608 e. The lowest BCUT2D eigenvalue weighted by Gasteiger charge is -2.58. The average molecular weight is 360 g/mol. The van der Waals surface area contributed by atoms with E-state index in [1.165, 1.54) is 51.4 Å². The maximum absolute atomic E-state index is 5.72. The van der Waals surface area contributed by atoms with E-state index in [4.69, 9.17) is 4.74 Å². The van der Waals surface area contributed by atoms with Crippen molar-refractivity contribution in [3.05, 3.63) is 11.6 Å². The first kappa shape index (κ1) is 19.0. The summed E-state index contributed by atoms with van der Waals surface area (Å²) in [5, 5.41) is 0. The van der Waals surface area contributed by atoms with Gasteiger partial charge in [-0.3, -0.25) is 0 Å². The predicted octanol–water partition coefficient (Wildman–Crippen LogP) is 5.53. The standard InChI is InChI=1S/C24H41NO/c1-16(25(4)5)20-9-10-21-19-8-7-17-15-18(26-6)11-13-23(17,2)22(19)12-14-24(20,21)3/h7,16,18-22H,8-15H2,1-6H3/t16-,18-,19-,20+,21?,22-,23-,24+/m0/s1. The number of hydrogen-bond donors (Lipinski definition) is 0. The van der Waals surface area contributed by atoms with Crippen molar-refractivity contribution in [1.82, 2.24) is 4.90 Å². The normalized spacial score (nSPS) is 49.2. The number of methoxy groups -OCH3 is 1. The molecule has 0 spiro atoms. The van der Waals surface area contributed by atoms with Crippen molar-refractivity contribution in [3.8, 4) is 0 Å². The van der Waals surface area contributed by atoms with Gasteiger partial charge in [-0.25, -0.2) is 0 Å². The van der Waals surface area contributed by atoms with E-state index in [1.807, 2.05) is 7.11 Å². The molecule has 0 aliphatic heterocycles. The van der Waals surface area contributed by atoms with Crippen molar-refractivity contribution in [2.45, 2.75) is 84.3 Å². The van der Waals surface area contributed by atoms with Crippen LogP contribution < -0.4 is 0 Å². The molecule has 0 heterocycles. The zero-order valence-electron chi connectivity index (χ0n) is 18.1. The average Bonchev–Trinajstić information content (AvgIpc) is 2.97. The molecule has 3 saturated carbocycles. The van der Waals surface area contributed by atoms with E-state index in [1.54, 1.807) is 5.57 Å². The molecule has 26 heavy (non-hydrogen) atoms. The second-order valence-electron chi connectivity index (χ2n) is 10.8. The topological polar surface area (TPSA) is 12.5 Å². The second-order valence-corrected chi connectivity index (χ2v) is 10.8. The van der Waals surface area contributed by atoms with Gasteiger partial charge in [0, 0.05) is 13.2 Å². The first-order valence-corrected chi connectivity index (χ1v) is 11.2. The molecule has 148 valence electrons. The molecule has 3 fully saturated rings. The summed E-state index contributed by atoms with van der Waals surface area (Å²) < 4.78 is 5.72. The van der Waals surface area contributed by atoms with Crippen LogP contribution >= 0.6 is 0 Å². The summed E-state index contributed by atoms with van der Waals surface area (Å²) in [5.74, 6) is 3.68. The minimum Gasteiger partial charge on any atom is -0.381 e. The van der Waals surface area contributed by atoms with Gasteiger partial charge in [0.1, 0.15) is 0 Å². The van der Waals surface area contributed by atoms with Gasteiger partial charge in [-0.05, 0) is 107 Å². The third kappa shape index (κ3) is 2.65. The zero-order valence-corrected chi connectivity index (χ0v) is 18.1. The molecule has 4 aliphatic carbocycles. The van der Waals surface area contributed by atoms with E-state index in [0.717, 1.165) is 23.7 Å². The highest BCUT2D eigenvalue weighted by Gasteiger charge is 2.59. The van der Waals surface area contributed by atoms with Crippen molar-refractivity contribution in [3.63, 3.8) is 0 Å². The van der Waals surface area contributed by atoms with Gasteiger partial charge in [-0.15, -0.1) is 0 Å². The Morgan fingerprint density at radius 3 is 2.54 bits per heavy atom. The summed E-state index contributed by atoms with van der Waals surface area (Å²) in [7, 11) is 6.45. The number of rotatable bonds is 3. The summed E-state index contributed by atoms with van der Waals surface area (Å²) in [5.41, 5.74) is 2.78. The number of fused-ring (bicyclic) bond motifs is 5. The zero-order chi connectivity index (χ0) is 18.7. The fourth-order valence-corrected chi connectivity index (χ4v) is 8.02. The van der Waals surface area contributed by atoms with Crippen LogP contribution in [0.25, 0.3) is 0 Å². The Kier molecular flexibility index (Phi) is 4.84. The molecule has 0 aromatic heterocycles. The molecule has 0 aromatic rings. The van der Waals surface area contributed by atoms with Crippen molar-refractivity contribution < 1.29 is 4.74 Å². The molecule has 4 rings (SSSR count). The van der Waals surface area contributed by atoms with E-state index < -0.39 is 0 Å². The predicted molar refractivity (Wildman–Crippen MR) is 109 cm³/mol. The summed E-state index contributed by atoms with van der Waals surface area (Å²) in [4.78, 5) is 2.47. The summed E-state index contributed by atoms with van der Waals surface area (Å²) >= 11 is 0. The van der Waals surface area contributed by atoms with Crippen LogP contribution in [-0.4, -0.2) is 38.3 Å². The number of allylic oxidation sites excluding steroid dienone is 1. The van der Waals surface area contributed by atoms with E-state index >= 15 is 0 Å². The molecule has 0 N–H and O–H groups in total. The van der Waals surface area contributed by atoms with Crippen LogP contribution in [0.5, 0.6) is 0 Å². The molecular weight excluding hydrogens is 318 g/mol. The molecule has 4 aliphatic rings. The molecule has 0 aromatic carbocycles. The van der Waals surface area contributed by atoms with Crippen molar-refractivity contribution >= 4 is 0 Å². The van der Waals surface area contributed by atoms with Crippen LogP contribution in [0.4, 0.5) is 0 Å². The third-order valence-corrected chi connectivity index (χ3v) is 9.86. The monoisotopic (exact) mass is 359 g/mol. The first-order valence-electron chi connectivity index (χ1n) is 11.2. The summed E-state index contributed by atoms with van der Waals surface area (Å²) in [6, 6.07) is 0.712. The molecule has 0 amide bonds. The molecule has 2 nitrogen and oxygen atoms in total. The molecule has 0 radical (unpaired) electrons. The Morgan fingerprint density at radius 1 is 1.08 bits per heavy atom. The van der Waals surface area contributed by atoms with Gasteiger partial charge < -0.3 is 9.64 Å². The fraction of sp³-hybridized carbons (Fsp3) is 0.917.